The number of nitrogens with zero attached hydrogens (tertiary/aromatic N) is 1. The lowest BCUT2D eigenvalue weighted by Gasteiger charge is -2.32. The average Bonchev–Trinajstić information content (AvgIpc) is 2.48. The highest BCUT2D eigenvalue weighted by molar-refractivity contribution is 5.94. The van der Waals surface area contributed by atoms with Crippen LogP contribution in [0.4, 0.5) is 4.39 Å². The molecule has 0 aliphatic carbocycles. The van der Waals surface area contributed by atoms with Crippen molar-refractivity contribution in [3.05, 3.63) is 29.6 Å². The van der Waals surface area contributed by atoms with Crippen molar-refractivity contribution in [1.29, 1.82) is 0 Å². The number of rotatable bonds is 4. The fourth-order valence-corrected chi connectivity index (χ4v) is 2.68. The van der Waals surface area contributed by atoms with Crippen molar-refractivity contribution in [2.24, 2.45) is 5.92 Å². The number of halogens is 1. The van der Waals surface area contributed by atoms with E-state index in [9.17, 15) is 9.18 Å². The molecule has 0 radical (unpaired) electrons. The maximum absolute atomic E-state index is 13.4. The summed E-state index contributed by atoms with van der Waals surface area (Å²) >= 11 is 0. The lowest BCUT2D eigenvalue weighted by atomic mass is 9.97. The van der Waals surface area contributed by atoms with Crippen molar-refractivity contribution < 1.29 is 13.9 Å². The van der Waals surface area contributed by atoms with Crippen LogP contribution in [0.25, 0.3) is 0 Å². The van der Waals surface area contributed by atoms with Crippen LogP contribution < -0.4 is 10.1 Å². The smallest absolute Gasteiger partial charge is 0.254 e. The number of nitrogens with one attached hydrogen (secondary N) is 1. The van der Waals surface area contributed by atoms with Crippen molar-refractivity contribution in [2.45, 2.75) is 12.8 Å². The van der Waals surface area contributed by atoms with Crippen molar-refractivity contribution in [3.63, 3.8) is 0 Å². The third kappa shape index (κ3) is 3.28. The number of methoxy groups -OCH3 is 1. The summed E-state index contributed by atoms with van der Waals surface area (Å²) < 4.78 is 18.3. The molecule has 1 aromatic carbocycles. The van der Waals surface area contributed by atoms with E-state index >= 15 is 0 Å². The van der Waals surface area contributed by atoms with Crippen LogP contribution in [0.15, 0.2) is 18.2 Å². The molecule has 20 heavy (non-hydrogen) atoms. The second-order valence-corrected chi connectivity index (χ2v) is 5.17. The number of hydrogen-bond acceptors (Lipinski definition) is 3. The van der Waals surface area contributed by atoms with Crippen LogP contribution in [-0.4, -0.2) is 44.6 Å². The molecular formula is C15H21FN2O2. The normalized spacial score (nSPS) is 18.9. The highest BCUT2D eigenvalue weighted by Crippen LogP contribution is 2.22. The molecule has 0 saturated carbocycles. The van der Waals surface area contributed by atoms with Gasteiger partial charge in [0, 0.05) is 18.7 Å². The Labute approximate surface area is 118 Å². The van der Waals surface area contributed by atoms with Gasteiger partial charge < -0.3 is 15.0 Å². The second-order valence-electron chi connectivity index (χ2n) is 5.17. The van der Waals surface area contributed by atoms with Gasteiger partial charge in [0.05, 0.1) is 7.11 Å². The highest BCUT2D eigenvalue weighted by Gasteiger charge is 2.24. The predicted molar refractivity (Wildman–Crippen MR) is 75.5 cm³/mol. The molecule has 0 spiro atoms. The van der Waals surface area contributed by atoms with Crippen molar-refractivity contribution in [2.75, 3.05) is 33.8 Å². The van der Waals surface area contributed by atoms with E-state index in [1.54, 1.807) is 0 Å². The van der Waals surface area contributed by atoms with Gasteiger partial charge in [-0.1, -0.05) is 0 Å². The third-order valence-electron chi connectivity index (χ3n) is 3.70. The molecule has 2 rings (SSSR count). The van der Waals surface area contributed by atoms with E-state index in [0.717, 1.165) is 32.5 Å². The number of carbonyl (C=O) groups is 1. The zero-order valence-corrected chi connectivity index (χ0v) is 12.0. The van der Waals surface area contributed by atoms with Crippen LogP contribution in [0.2, 0.25) is 0 Å². The SMILES string of the molecule is CNCC1CCCN(C(=O)c2ccc(F)c(OC)c2)C1. The molecule has 1 aromatic rings. The minimum Gasteiger partial charge on any atom is -0.494 e. The summed E-state index contributed by atoms with van der Waals surface area (Å²) in [7, 11) is 3.32. The van der Waals surface area contributed by atoms with Crippen LogP contribution in [0.3, 0.4) is 0 Å². The molecule has 1 atom stereocenters. The first-order chi connectivity index (χ1) is 9.65. The van der Waals surface area contributed by atoms with Gasteiger partial charge in [0.25, 0.3) is 5.91 Å². The van der Waals surface area contributed by atoms with Crippen molar-refractivity contribution >= 4 is 5.91 Å². The van der Waals surface area contributed by atoms with E-state index in [-0.39, 0.29) is 11.7 Å². The molecule has 1 aliphatic rings. The summed E-state index contributed by atoms with van der Waals surface area (Å²) in [5.41, 5.74) is 0.480. The van der Waals surface area contributed by atoms with Gasteiger partial charge in [-0.2, -0.15) is 0 Å². The Kier molecular flexibility index (Phi) is 4.95. The molecule has 5 heteroatoms. The fourth-order valence-electron chi connectivity index (χ4n) is 2.68. The van der Waals surface area contributed by atoms with E-state index < -0.39 is 5.82 Å². The van der Waals surface area contributed by atoms with Gasteiger partial charge in [-0.3, -0.25) is 4.79 Å². The van der Waals surface area contributed by atoms with Crippen LogP contribution in [0.1, 0.15) is 23.2 Å². The summed E-state index contributed by atoms with van der Waals surface area (Å²) in [6.07, 6.45) is 2.15. The van der Waals surface area contributed by atoms with E-state index in [0.29, 0.717) is 11.5 Å². The number of piperidine rings is 1. The number of amides is 1. The predicted octanol–water partition coefficient (Wildman–Crippen LogP) is 1.91. The molecule has 1 heterocycles. The molecule has 0 aromatic heterocycles. The maximum atomic E-state index is 13.4. The molecular weight excluding hydrogens is 259 g/mol. The van der Waals surface area contributed by atoms with Gasteiger partial charge in [-0.25, -0.2) is 4.39 Å². The first kappa shape index (κ1) is 14.8. The molecule has 1 N–H and O–H groups in total. The zero-order chi connectivity index (χ0) is 14.5. The average molecular weight is 280 g/mol. The third-order valence-corrected chi connectivity index (χ3v) is 3.70. The first-order valence-electron chi connectivity index (χ1n) is 6.93. The van der Waals surface area contributed by atoms with E-state index in [2.05, 4.69) is 5.32 Å². The van der Waals surface area contributed by atoms with E-state index in [4.69, 9.17) is 4.74 Å². The largest absolute Gasteiger partial charge is 0.494 e. The molecule has 1 fully saturated rings. The zero-order valence-electron chi connectivity index (χ0n) is 12.0. The summed E-state index contributed by atoms with van der Waals surface area (Å²) in [5.74, 6) is 0.0968. The lowest BCUT2D eigenvalue weighted by molar-refractivity contribution is 0.0674. The minimum atomic E-state index is -0.448. The van der Waals surface area contributed by atoms with E-state index in [1.165, 1.54) is 25.3 Å². The Bertz CT molecular complexity index is 477. The quantitative estimate of drug-likeness (QED) is 0.916. The molecule has 1 aliphatic heterocycles. The van der Waals surface area contributed by atoms with Gasteiger partial charge >= 0.3 is 0 Å². The molecule has 110 valence electrons. The van der Waals surface area contributed by atoms with Crippen molar-refractivity contribution in [3.8, 4) is 5.75 Å². The molecule has 4 nitrogen and oxygen atoms in total. The molecule has 1 unspecified atom stereocenters. The van der Waals surface area contributed by atoms with Crippen LogP contribution >= 0.6 is 0 Å². The van der Waals surface area contributed by atoms with Gasteiger partial charge in [-0.15, -0.1) is 0 Å². The van der Waals surface area contributed by atoms with Gasteiger partial charge in [-0.05, 0) is 50.6 Å². The highest BCUT2D eigenvalue weighted by atomic mass is 19.1. The van der Waals surface area contributed by atoms with Gasteiger partial charge in [0.1, 0.15) is 0 Å². The van der Waals surface area contributed by atoms with Crippen molar-refractivity contribution in [1.82, 2.24) is 10.2 Å². The number of hydrogen-bond donors (Lipinski definition) is 1. The first-order valence-corrected chi connectivity index (χ1v) is 6.93. The topological polar surface area (TPSA) is 41.6 Å². The van der Waals surface area contributed by atoms with Crippen LogP contribution in [-0.2, 0) is 0 Å². The summed E-state index contributed by atoms with van der Waals surface area (Å²) in [5, 5.41) is 3.15. The summed E-state index contributed by atoms with van der Waals surface area (Å²) in [6, 6.07) is 4.27. The summed E-state index contributed by atoms with van der Waals surface area (Å²) in [6.45, 7) is 2.43. The Hall–Kier alpha value is -1.62. The number of ether oxygens (including phenoxy) is 1. The number of carbonyl (C=O) groups excluding carboxylic acids is 1. The monoisotopic (exact) mass is 280 g/mol. The van der Waals surface area contributed by atoms with Crippen LogP contribution in [0, 0.1) is 11.7 Å². The number of likely N-dealkylation sites (tertiary alicyclic amines) is 1. The van der Waals surface area contributed by atoms with Crippen LogP contribution in [0.5, 0.6) is 5.75 Å². The molecule has 1 saturated heterocycles. The lowest BCUT2D eigenvalue weighted by Crippen LogP contribution is -2.42. The maximum Gasteiger partial charge on any atom is 0.254 e. The van der Waals surface area contributed by atoms with Gasteiger partial charge in [0.15, 0.2) is 11.6 Å². The Morgan fingerprint density at radius 2 is 2.35 bits per heavy atom. The second kappa shape index (κ2) is 6.70. The minimum absolute atomic E-state index is 0.0518. The molecule has 0 bridgehead atoms. The number of benzene rings is 1. The summed E-state index contributed by atoms with van der Waals surface area (Å²) in [4.78, 5) is 14.3. The van der Waals surface area contributed by atoms with E-state index in [1.807, 2.05) is 11.9 Å². The standard InChI is InChI=1S/C15H21FN2O2/c1-17-9-11-4-3-7-18(10-11)15(19)12-5-6-13(16)14(8-12)20-2/h5-6,8,11,17H,3-4,7,9-10H2,1-2H3. The Morgan fingerprint density at radius 3 is 3.05 bits per heavy atom. The molecule has 1 amide bonds. The fraction of sp³-hybridized carbons (Fsp3) is 0.533. The Morgan fingerprint density at radius 1 is 1.55 bits per heavy atom. The van der Waals surface area contributed by atoms with Gasteiger partial charge in [0.2, 0.25) is 0 Å². The Balaban J connectivity index is 2.10.